The van der Waals surface area contributed by atoms with Gasteiger partial charge < -0.3 is 4.90 Å². The number of carbonyl (C=O) groups excluding carboxylic acids is 1. The molecular formula is C16H14Cl2N4O. The van der Waals surface area contributed by atoms with Crippen molar-refractivity contribution in [3.63, 3.8) is 0 Å². The van der Waals surface area contributed by atoms with Gasteiger partial charge in [0.05, 0.1) is 6.20 Å². The molecule has 3 rings (SSSR count). The van der Waals surface area contributed by atoms with E-state index in [-0.39, 0.29) is 5.91 Å². The maximum Gasteiger partial charge on any atom is 0.272 e. The number of benzene rings is 1. The highest BCUT2D eigenvalue weighted by Crippen LogP contribution is 2.35. The van der Waals surface area contributed by atoms with Crippen molar-refractivity contribution in [3.8, 4) is 11.1 Å². The van der Waals surface area contributed by atoms with Crippen LogP contribution in [0.1, 0.15) is 10.5 Å². The lowest BCUT2D eigenvalue weighted by atomic mass is 10.0. The minimum atomic E-state index is -0.181. The van der Waals surface area contributed by atoms with E-state index in [2.05, 4.69) is 10.1 Å². The quantitative estimate of drug-likeness (QED) is 0.710. The maximum atomic E-state index is 12.3. The molecule has 118 valence electrons. The van der Waals surface area contributed by atoms with Crippen molar-refractivity contribution in [1.29, 1.82) is 0 Å². The highest BCUT2D eigenvalue weighted by Gasteiger charge is 2.18. The highest BCUT2D eigenvalue weighted by molar-refractivity contribution is 6.36. The van der Waals surface area contributed by atoms with Crippen LogP contribution in [-0.4, -0.2) is 39.7 Å². The van der Waals surface area contributed by atoms with Crippen LogP contribution in [0.25, 0.3) is 22.2 Å². The van der Waals surface area contributed by atoms with Gasteiger partial charge in [-0.05, 0) is 23.8 Å². The molecule has 5 nitrogen and oxygen atoms in total. The van der Waals surface area contributed by atoms with E-state index in [1.165, 1.54) is 4.90 Å². The number of fused-ring (bicyclic) bond motifs is 1. The molecule has 0 radical (unpaired) electrons. The summed E-state index contributed by atoms with van der Waals surface area (Å²) in [5.74, 6) is -0.181. The number of nitrogens with zero attached hydrogens (tertiary/aromatic N) is 4. The van der Waals surface area contributed by atoms with Crippen LogP contribution in [0.3, 0.4) is 0 Å². The van der Waals surface area contributed by atoms with E-state index in [0.717, 1.165) is 16.5 Å². The predicted molar refractivity (Wildman–Crippen MR) is 92.0 cm³/mol. The van der Waals surface area contributed by atoms with Gasteiger partial charge in [0.2, 0.25) is 0 Å². The van der Waals surface area contributed by atoms with Gasteiger partial charge in [-0.3, -0.25) is 9.48 Å². The molecule has 7 heteroatoms. The fraction of sp³-hybridized carbons (Fsp3) is 0.188. The van der Waals surface area contributed by atoms with Crippen LogP contribution < -0.4 is 0 Å². The smallest absolute Gasteiger partial charge is 0.272 e. The third kappa shape index (κ3) is 2.78. The van der Waals surface area contributed by atoms with E-state index < -0.39 is 0 Å². The van der Waals surface area contributed by atoms with Gasteiger partial charge in [0.25, 0.3) is 5.91 Å². The van der Waals surface area contributed by atoms with E-state index in [1.807, 2.05) is 6.07 Å². The zero-order chi connectivity index (χ0) is 16.7. The predicted octanol–water partition coefficient (Wildman–Crippen LogP) is 3.64. The van der Waals surface area contributed by atoms with Crippen LogP contribution in [0.2, 0.25) is 10.0 Å². The number of hydrogen-bond acceptors (Lipinski definition) is 3. The van der Waals surface area contributed by atoms with Crippen LogP contribution in [-0.2, 0) is 7.05 Å². The van der Waals surface area contributed by atoms with Crippen molar-refractivity contribution in [3.05, 3.63) is 46.2 Å². The standard InChI is InChI=1S/C16H14Cl2N4O/c1-21(2)16(23)14-7-11(10-5-4-9(17)6-13(10)18)12-8-19-22(3)15(12)20-14/h4-8H,1-3H3. The third-order valence-corrected chi connectivity index (χ3v) is 4.10. The average Bonchev–Trinajstić information content (AvgIpc) is 2.87. The van der Waals surface area contributed by atoms with Crippen molar-refractivity contribution >= 4 is 40.1 Å². The van der Waals surface area contributed by atoms with Gasteiger partial charge in [-0.2, -0.15) is 5.10 Å². The summed E-state index contributed by atoms with van der Waals surface area (Å²) in [7, 11) is 5.16. The SMILES string of the molecule is CN(C)C(=O)c1cc(-c2ccc(Cl)cc2Cl)c2cnn(C)c2n1. The third-order valence-electron chi connectivity index (χ3n) is 3.55. The van der Waals surface area contributed by atoms with E-state index >= 15 is 0 Å². The minimum absolute atomic E-state index is 0.181. The summed E-state index contributed by atoms with van der Waals surface area (Å²) >= 11 is 12.3. The monoisotopic (exact) mass is 348 g/mol. The average molecular weight is 349 g/mol. The summed E-state index contributed by atoms with van der Waals surface area (Å²) in [4.78, 5) is 18.2. The maximum absolute atomic E-state index is 12.3. The number of rotatable bonds is 2. The lowest BCUT2D eigenvalue weighted by molar-refractivity contribution is 0.0822. The number of hydrogen-bond donors (Lipinski definition) is 0. The Morgan fingerprint density at radius 3 is 2.57 bits per heavy atom. The lowest BCUT2D eigenvalue weighted by Crippen LogP contribution is -2.23. The molecule has 0 fully saturated rings. The molecule has 0 aliphatic heterocycles. The molecule has 0 bridgehead atoms. The van der Waals surface area contributed by atoms with Gasteiger partial charge >= 0.3 is 0 Å². The molecule has 0 atom stereocenters. The van der Waals surface area contributed by atoms with Gasteiger partial charge in [-0.15, -0.1) is 0 Å². The van der Waals surface area contributed by atoms with Crippen LogP contribution in [0, 0.1) is 0 Å². The Bertz CT molecular complexity index is 918. The molecular weight excluding hydrogens is 335 g/mol. The van der Waals surface area contributed by atoms with Crippen molar-refractivity contribution < 1.29 is 4.79 Å². The second kappa shape index (κ2) is 5.83. The van der Waals surface area contributed by atoms with Crippen molar-refractivity contribution in [2.24, 2.45) is 7.05 Å². The first kappa shape index (κ1) is 15.8. The first-order chi connectivity index (χ1) is 10.9. The Balaban J connectivity index is 2.32. The number of aryl methyl sites for hydroxylation is 1. The Kier molecular flexibility index (Phi) is 4.00. The summed E-state index contributed by atoms with van der Waals surface area (Å²) in [6, 6.07) is 7.01. The van der Waals surface area contributed by atoms with Crippen LogP contribution in [0.5, 0.6) is 0 Å². The number of aromatic nitrogens is 3. The first-order valence-electron chi connectivity index (χ1n) is 6.88. The Morgan fingerprint density at radius 2 is 1.91 bits per heavy atom. The van der Waals surface area contributed by atoms with E-state index in [0.29, 0.717) is 21.4 Å². The minimum Gasteiger partial charge on any atom is -0.343 e. The van der Waals surface area contributed by atoms with E-state index in [4.69, 9.17) is 23.2 Å². The molecule has 0 spiro atoms. The summed E-state index contributed by atoms with van der Waals surface area (Å²) in [6.07, 6.45) is 1.71. The summed E-state index contributed by atoms with van der Waals surface area (Å²) in [6.45, 7) is 0. The zero-order valence-electron chi connectivity index (χ0n) is 12.8. The Hall–Kier alpha value is -2.11. The van der Waals surface area contributed by atoms with Crippen LogP contribution >= 0.6 is 23.2 Å². The molecule has 0 saturated carbocycles. The number of carbonyl (C=O) groups is 1. The van der Waals surface area contributed by atoms with E-state index in [9.17, 15) is 4.79 Å². The molecule has 0 saturated heterocycles. The largest absolute Gasteiger partial charge is 0.343 e. The number of pyridine rings is 1. The second-order valence-electron chi connectivity index (χ2n) is 5.38. The van der Waals surface area contributed by atoms with Gasteiger partial charge in [0, 0.05) is 42.1 Å². The van der Waals surface area contributed by atoms with Crippen molar-refractivity contribution in [2.75, 3.05) is 14.1 Å². The lowest BCUT2D eigenvalue weighted by Gasteiger charge is -2.12. The highest BCUT2D eigenvalue weighted by atomic mass is 35.5. The number of amides is 1. The normalized spacial score (nSPS) is 11.0. The zero-order valence-corrected chi connectivity index (χ0v) is 14.4. The molecule has 2 heterocycles. The second-order valence-corrected chi connectivity index (χ2v) is 6.23. The van der Waals surface area contributed by atoms with Crippen LogP contribution in [0.4, 0.5) is 0 Å². The first-order valence-corrected chi connectivity index (χ1v) is 7.64. The Labute approximate surface area is 143 Å². The molecule has 1 aromatic carbocycles. The molecule has 0 aliphatic carbocycles. The molecule has 2 aromatic heterocycles. The molecule has 0 N–H and O–H groups in total. The summed E-state index contributed by atoms with van der Waals surface area (Å²) in [5.41, 5.74) is 2.55. The van der Waals surface area contributed by atoms with Crippen LogP contribution in [0.15, 0.2) is 30.5 Å². The van der Waals surface area contributed by atoms with Gasteiger partial charge in [0.15, 0.2) is 5.65 Å². The molecule has 1 amide bonds. The summed E-state index contributed by atoms with van der Waals surface area (Å²) < 4.78 is 1.63. The molecule has 0 unspecified atom stereocenters. The van der Waals surface area contributed by atoms with Gasteiger partial charge in [0.1, 0.15) is 5.69 Å². The molecule has 0 aliphatic rings. The fourth-order valence-electron chi connectivity index (χ4n) is 2.38. The topological polar surface area (TPSA) is 51.0 Å². The van der Waals surface area contributed by atoms with Gasteiger partial charge in [-0.25, -0.2) is 4.98 Å². The fourth-order valence-corrected chi connectivity index (χ4v) is 2.89. The molecule has 3 aromatic rings. The van der Waals surface area contributed by atoms with Crippen molar-refractivity contribution in [1.82, 2.24) is 19.7 Å². The Morgan fingerprint density at radius 1 is 1.17 bits per heavy atom. The van der Waals surface area contributed by atoms with Gasteiger partial charge in [-0.1, -0.05) is 29.3 Å². The van der Waals surface area contributed by atoms with Crippen molar-refractivity contribution in [2.45, 2.75) is 0 Å². The van der Waals surface area contributed by atoms with E-state index in [1.54, 1.807) is 50.2 Å². The number of halogens is 2. The summed E-state index contributed by atoms with van der Waals surface area (Å²) in [5, 5.41) is 6.13. The molecule has 23 heavy (non-hydrogen) atoms.